The van der Waals surface area contributed by atoms with Gasteiger partial charge in [-0.1, -0.05) is 6.92 Å². The van der Waals surface area contributed by atoms with Crippen LogP contribution in [0, 0.1) is 0 Å². The van der Waals surface area contributed by atoms with E-state index in [4.69, 9.17) is 23.9 Å². The minimum absolute atomic E-state index is 0.0578. The molecule has 0 amide bonds. The Balaban J connectivity index is 1.44. The molecule has 2 aromatic heterocycles. The van der Waals surface area contributed by atoms with Gasteiger partial charge in [-0.2, -0.15) is 0 Å². The molecule has 10 nitrogen and oxygen atoms in total. The molecule has 0 aliphatic carbocycles. The van der Waals surface area contributed by atoms with Crippen molar-refractivity contribution < 1.29 is 23.7 Å². The summed E-state index contributed by atoms with van der Waals surface area (Å²) in [5, 5.41) is 1.02. The molecular formula is C31H36N4O6. The van der Waals surface area contributed by atoms with Crippen molar-refractivity contribution in [2.75, 3.05) is 46.4 Å². The maximum atomic E-state index is 14.0. The molecule has 216 valence electrons. The molecule has 10 heteroatoms. The monoisotopic (exact) mass is 560 g/mol. The molecule has 3 aromatic rings. The Morgan fingerprint density at radius 2 is 1.73 bits per heavy atom. The van der Waals surface area contributed by atoms with E-state index in [0.717, 1.165) is 66.2 Å². The van der Waals surface area contributed by atoms with Crippen LogP contribution in [0.25, 0.3) is 22.3 Å². The molecule has 1 aromatic carbocycles. The molecule has 1 saturated heterocycles. The highest BCUT2D eigenvalue weighted by Crippen LogP contribution is 2.44. The summed E-state index contributed by atoms with van der Waals surface area (Å²) in [6.45, 7) is 11.7. The Bertz CT molecular complexity index is 1620. The normalized spacial score (nSPS) is 22.0. The van der Waals surface area contributed by atoms with Crippen molar-refractivity contribution in [3.05, 3.63) is 50.8 Å². The van der Waals surface area contributed by atoms with Gasteiger partial charge in [-0.25, -0.2) is 9.78 Å². The first-order valence-electron chi connectivity index (χ1n) is 14.6. The largest absolute Gasteiger partial charge is 0.486 e. The number of carbonyl (C=O) groups excluding carboxylic acids is 1. The van der Waals surface area contributed by atoms with Gasteiger partial charge in [0.15, 0.2) is 17.1 Å². The summed E-state index contributed by atoms with van der Waals surface area (Å²) < 4.78 is 25.4. The predicted octanol–water partition coefficient (Wildman–Crippen LogP) is 3.03. The van der Waals surface area contributed by atoms with Crippen LogP contribution in [0.15, 0.2) is 23.0 Å². The van der Waals surface area contributed by atoms with E-state index in [0.29, 0.717) is 48.7 Å². The van der Waals surface area contributed by atoms with Crippen molar-refractivity contribution in [2.24, 2.45) is 0 Å². The van der Waals surface area contributed by atoms with E-state index in [2.05, 4.69) is 16.8 Å². The van der Waals surface area contributed by atoms with E-state index in [1.807, 2.05) is 39.0 Å². The first-order valence-corrected chi connectivity index (χ1v) is 14.6. The number of ether oxygens (including phenoxy) is 4. The van der Waals surface area contributed by atoms with Gasteiger partial charge in [-0.05, 0) is 45.0 Å². The van der Waals surface area contributed by atoms with Crippen LogP contribution < -0.4 is 15.0 Å². The SMILES string of the molecule is CC[C@@]1(OC(C)C)C(=O)OCc2c1cc1n(c2=O)Cc2c-1nc1cc3c(cc1c2CN1CCN(C)CC1)OCCO3. The molecule has 0 radical (unpaired) electrons. The number of carbonyl (C=O) groups is 1. The van der Waals surface area contributed by atoms with Crippen molar-refractivity contribution in [3.63, 3.8) is 0 Å². The summed E-state index contributed by atoms with van der Waals surface area (Å²) in [6, 6.07) is 5.95. The van der Waals surface area contributed by atoms with Gasteiger partial charge >= 0.3 is 5.97 Å². The van der Waals surface area contributed by atoms with Crippen LogP contribution in [0.5, 0.6) is 11.5 Å². The molecule has 0 bridgehead atoms. The minimum atomic E-state index is -1.33. The maximum Gasteiger partial charge on any atom is 0.343 e. The van der Waals surface area contributed by atoms with Crippen LogP contribution in [-0.2, 0) is 39.6 Å². The topological polar surface area (TPSA) is 95.4 Å². The van der Waals surface area contributed by atoms with Crippen LogP contribution in [0.4, 0.5) is 0 Å². The fourth-order valence-electron chi connectivity index (χ4n) is 6.69. The van der Waals surface area contributed by atoms with Gasteiger partial charge in [-0.15, -0.1) is 0 Å². The quantitative estimate of drug-likeness (QED) is 0.342. The zero-order valence-electron chi connectivity index (χ0n) is 24.1. The van der Waals surface area contributed by atoms with E-state index in [1.165, 1.54) is 0 Å². The number of nitrogens with zero attached hydrogens (tertiary/aromatic N) is 4. The third-order valence-electron chi connectivity index (χ3n) is 8.85. The average Bonchev–Trinajstić information content (AvgIpc) is 3.33. The second-order valence-electron chi connectivity index (χ2n) is 11.7. The van der Waals surface area contributed by atoms with E-state index >= 15 is 0 Å². The number of hydrogen-bond acceptors (Lipinski definition) is 9. The lowest BCUT2D eigenvalue weighted by Crippen LogP contribution is -2.47. The smallest absolute Gasteiger partial charge is 0.343 e. The van der Waals surface area contributed by atoms with Gasteiger partial charge in [-0.3, -0.25) is 9.69 Å². The van der Waals surface area contributed by atoms with Crippen molar-refractivity contribution in [1.29, 1.82) is 0 Å². The highest BCUT2D eigenvalue weighted by atomic mass is 16.6. The lowest BCUT2D eigenvalue weighted by Gasteiger charge is -2.37. The maximum absolute atomic E-state index is 14.0. The Morgan fingerprint density at radius 1 is 1.00 bits per heavy atom. The molecule has 0 N–H and O–H groups in total. The summed E-state index contributed by atoms with van der Waals surface area (Å²) in [7, 11) is 2.15. The standard InChI is InChI=1S/C31H36N4O6/c1-5-31(41-18(2)3)23-13-25-28-21(16-35(25)29(36)22(23)17-40-30(31)37)20(15-34-8-6-33(4)7-9-34)19-12-26-27(14-24(19)32-28)39-11-10-38-26/h12-14,18H,5-11,15-17H2,1-4H3/t31-/m0/s1. The number of pyridine rings is 2. The molecule has 4 aliphatic heterocycles. The lowest BCUT2D eigenvalue weighted by atomic mass is 9.85. The molecule has 1 atom stereocenters. The van der Waals surface area contributed by atoms with Crippen molar-refractivity contribution in [1.82, 2.24) is 19.4 Å². The average molecular weight is 561 g/mol. The highest BCUT2D eigenvalue weighted by molar-refractivity contribution is 5.91. The molecule has 0 saturated carbocycles. The lowest BCUT2D eigenvalue weighted by molar-refractivity contribution is -0.187. The summed E-state index contributed by atoms with van der Waals surface area (Å²) in [5.74, 6) is 0.956. The Labute approximate surface area is 238 Å². The molecule has 1 fully saturated rings. The molecule has 7 rings (SSSR count). The first kappa shape index (κ1) is 26.4. The van der Waals surface area contributed by atoms with E-state index in [9.17, 15) is 9.59 Å². The van der Waals surface area contributed by atoms with Crippen LogP contribution in [0.2, 0.25) is 0 Å². The van der Waals surface area contributed by atoms with Gasteiger partial charge in [0.25, 0.3) is 5.56 Å². The summed E-state index contributed by atoms with van der Waals surface area (Å²) >= 11 is 0. The van der Waals surface area contributed by atoms with Crippen molar-refractivity contribution >= 4 is 16.9 Å². The van der Waals surface area contributed by atoms with Crippen molar-refractivity contribution in [2.45, 2.75) is 58.6 Å². The summed E-state index contributed by atoms with van der Waals surface area (Å²) in [6.07, 6.45) is 0.123. The fraction of sp³-hybridized carbons (Fsp3) is 0.516. The number of likely N-dealkylation sites (N-methyl/N-ethyl adjacent to an activating group) is 1. The second kappa shape index (κ2) is 9.82. The highest BCUT2D eigenvalue weighted by Gasteiger charge is 2.48. The van der Waals surface area contributed by atoms with Crippen LogP contribution in [0.3, 0.4) is 0 Å². The molecular weight excluding hydrogens is 524 g/mol. The fourth-order valence-corrected chi connectivity index (χ4v) is 6.69. The molecule has 0 unspecified atom stereocenters. The molecule has 6 heterocycles. The van der Waals surface area contributed by atoms with E-state index < -0.39 is 11.6 Å². The first-order chi connectivity index (χ1) is 19.8. The number of rotatable bonds is 5. The number of cyclic esters (lactones) is 1. The van der Waals surface area contributed by atoms with Gasteiger partial charge in [0.2, 0.25) is 0 Å². The van der Waals surface area contributed by atoms with E-state index in [1.54, 1.807) is 4.57 Å². The van der Waals surface area contributed by atoms with Crippen LogP contribution >= 0.6 is 0 Å². The third-order valence-corrected chi connectivity index (χ3v) is 8.85. The summed E-state index contributed by atoms with van der Waals surface area (Å²) in [5.41, 5.74) is 4.05. The van der Waals surface area contributed by atoms with Gasteiger partial charge in [0, 0.05) is 55.3 Å². The van der Waals surface area contributed by atoms with Crippen LogP contribution in [-0.4, -0.2) is 77.9 Å². The number of esters is 1. The third kappa shape index (κ3) is 4.14. The van der Waals surface area contributed by atoms with Gasteiger partial charge in [0.05, 0.1) is 35.1 Å². The Morgan fingerprint density at radius 3 is 2.44 bits per heavy atom. The zero-order chi connectivity index (χ0) is 28.5. The molecule has 0 spiro atoms. The number of hydrogen-bond donors (Lipinski definition) is 0. The zero-order valence-corrected chi connectivity index (χ0v) is 24.1. The Kier molecular flexibility index (Phi) is 6.33. The summed E-state index contributed by atoms with van der Waals surface area (Å²) in [4.78, 5) is 37.2. The molecule has 41 heavy (non-hydrogen) atoms. The van der Waals surface area contributed by atoms with Gasteiger partial charge < -0.3 is 28.4 Å². The number of fused-ring (bicyclic) bond motifs is 6. The van der Waals surface area contributed by atoms with Crippen molar-refractivity contribution in [3.8, 4) is 22.9 Å². The van der Waals surface area contributed by atoms with Crippen LogP contribution in [0.1, 0.15) is 49.4 Å². The number of piperazine rings is 1. The predicted molar refractivity (Wildman–Crippen MR) is 152 cm³/mol. The number of benzene rings is 1. The molecule has 4 aliphatic rings. The van der Waals surface area contributed by atoms with E-state index in [-0.39, 0.29) is 18.3 Å². The Hall–Kier alpha value is -3.47. The second-order valence-corrected chi connectivity index (χ2v) is 11.7. The minimum Gasteiger partial charge on any atom is -0.486 e. The van der Waals surface area contributed by atoms with Gasteiger partial charge in [0.1, 0.15) is 19.8 Å². The number of aromatic nitrogens is 2.